The van der Waals surface area contributed by atoms with Gasteiger partial charge < -0.3 is 4.90 Å². The van der Waals surface area contributed by atoms with Gasteiger partial charge in [-0.05, 0) is 24.1 Å². The van der Waals surface area contributed by atoms with Crippen molar-refractivity contribution < 1.29 is 18.4 Å². The monoisotopic (exact) mass is 227 g/mol. The molecule has 0 aliphatic rings. The molecule has 1 amide bonds. The zero-order valence-electron chi connectivity index (χ0n) is 8.74. The average molecular weight is 227 g/mol. The number of nitrogens with zero attached hydrogens (tertiary/aromatic N) is 1. The van der Waals surface area contributed by atoms with Gasteiger partial charge in [0.2, 0.25) is 6.29 Å². The number of amides is 1. The summed E-state index contributed by atoms with van der Waals surface area (Å²) in [6.45, 7) is 0.280. The minimum Gasteiger partial charge on any atom is -0.339 e. The average Bonchev–Trinajstić information content (AvgIpc) is 2.29. The zero-order chi connectivity index (χ0) is 12.1. The van der Waals surface area contributed by atoms with Crippen LogP contribution in [0.15, 0.2) is 18.2 Å². The molecule has 0 aliphatic carbocycles. The molecule has 0 spiro atoms. The van der Waals surface area contributed by atoms with E-state index in [2.05, 4.69) is 0 Å². The van der Waals surface area contributed by atoms with E-state index in [0.717, 1.165) is 12.1 Å². The number of likely N-dealkylation sites (N-methyl/N-ethyl adjacent to an activating group) is 1. The molecule has 0 saturated heterocycles. The largest absolute Gasteiger partial charge is 0.339 e. The van der Waals surface area contributed by atoms with E-state index in [1.165, 1.54) is 18.0 Å². The molecule has 0 heterocycles. The van der Waals surface area contributed by atoms with Gasteiger partial charge in [0.25, 0.3) is 5.91 Å². The lowest BCUT2D eigenvalue weighted by Crippen LogP contribution is -2.29. The number of hydrogen-bond donors (Lipinski definition) is 0. The second-order valence-corrected chi connectivity index (χ2v) is 3.38. The van der Waals surface area contributed by atoms with Crippen LogP contribution in [0.5, 0.6) is 0 Å². The number of aldehydes is 1. The van der Waals surface area contributed by atoms with Crippen LogP contribution in [-0.2, 0) is 16.0 Å². The lowest BCUT2D eigenvalue weighted by atomic mass is 10.1. The van der Waals surface area contributed by atoms with Gasteiger partial charge in [0.05, 0.1) is 0 Å². The standard InChI is InChI=1S/C11H11F2NO2/c1-14(11(16)7-15)5-4-8-2-3-9(12)10(13)6-8/h2-3,6-7H,4-5H2,1H3. The first-order valence-electron chi connectivity index (χ1n) is 4.69. The van der Waals surface area contributed by atoms with Crippen LogP contribution in [-0.4, -0.2) is 30.7 Å². The molecule has 1 aromatic carbocycles. The third kappa shape index (κ3) is 3.12. The van der Waals surface area contributed by atoms with Crippen LogP contribution in [0.4, 0.5) is 8.78 Å². The molecule has 0 radical (unpaired) electrons. The van der Waals surface area contributed by atoms with Crippen molar-refractivity contribution in [3.05, 3.63) is 35.4 Å². The highest BCUT2D eigenvalue weighted by Gasteiger charge is 2.07. The Labute approximate surface area is 91.7 Å². The van der Waals surface area contributed by atoms with E-state index in [1.807, 2.05) is 0 Å². The van der Waals surface area contributed by atoms with Crippen LogP contribution in [0.25, 0.3) is 0 Å². The molecule has 0 aliphatic heterocycles. The predicted octanol–water partition coefficient (Wildman–Crippen LogP) is 1.16. The topological polar surface area (TPSA) is 37.4 Å². The third-order valence-electron chi connectivity index (χ3n) is 2.20. The Morgan fingerprint density at radius 1 is 1.38 bits per heavy atom. The Bertz CT molecular complexity index is 407. The molecule has 0 aromatic heterocycles. The van der Waals surface area contributed by atoms with Crippen molar-refractivity contribution in [3.63, 3.8) is 0 Å². The summed E-state index contributed by atoms with van der Waals surface area (Å²) in [7, 11) is 1.47. The van der Waals surface area contributed by atoms with E-state index >= 15 is 0 Å². The fraction of sp³-hybridized carbons (Fsp3) is 0.273. The second-order valence-electron chi connectivity index (χ2n) is 3.38. The lowest BCUT2D eigenvalue weighted by molar-refractivity contribution is -0.137. The van der Waals surface area contributed by atoms with E-state index in [-0.39, 0.29) is 12.8 Å². The maximum Gasteiger partial charge on any atom is 0.286 e. The Kier molecular flexibility index (Phi) is 4.10. The van der Waals surface area contributed by atoms with Crippen LogP contribution in [0, 0.1) is 11.6 Å². The maximum absolute atomic E-state index is 12.8. The number of rotatable bonds is 4. The van der Waals surface area contributed by atoms with Gasteiger partial charge in [-0.3, -0.25) is 9.59 Å². The Balaban J connectivity index is 2.58. The Hall–Kier alpha value is -1.78. The van der Waals surface area contributed by atoms with Crippen molar-refractivity contribution in [2.45, 2.75) is 6.42 Å². The van der Waals surface area contributed by atoms with Crippen LogP contribution in [0.2, 0.25) is 0 Å². The molecule has 0 bridgehead atoms. The van der Waals surface area contributed by atoms with Gasteiger partial charge in [0.1, 0.15) is 0 Å². The Morgan fingerprint density at radius 3 is 2.62 bits per heavy atom. The first kappa shape index (κ1) is 12.3. The summed E-state index contributed by atoms with van der Waals surface area (Å²) in [5.74, 6) is -2.45. The van der Waals surface area contributed by atoms with Gasteiger partial charge in [-0.25, -0.2) is 8.78 Å². The summed E-state index contributed by atoms with van der Waals surface area (Å²) in [5, 5.41) is 0. The van der Waals surface area contributed by atoms with Gasteiger partial charge in [-0.1, -0.05) is 6.07 Å². The van der Waals surface area contributed by atoms with E-state index in [4.69, 9.17) is 0 Å². The molecule has 0 saturated carbocycles. The number of halogens is 2. The van der Waals surface area contributed by atoms with Crippen molar-refractivity contribution in [1.82, 2.24) is 4.90 Å². The van der Waals surface area contributed by atoms with Gasteiger partial charge in [-0.15, -0.1) is 0 Å². The normalized spacial score (nSPS) is 9.94. The fourth-order valence-corrected chi connectivity index (χ4v) is 1.19. The first-order valence-corrected chi connectivity index (χ1v) is 4.69. The summed E-state index contributed by atoms with van der Waals surface area (Å²) in [4.78, 5) is 22.3. The highest BCUT2D eigenvalue weighted by Crippen LogP contribution is 2.09. The van der Waals surface area contributed by atoms with Gasteiger partial charge >= 0.3 is 0 Å². The molecule has 0 unspecified atom stereocenters. The van der Waals surface area contributed by atoms with E-state index in [9.17, 15) is 18.4 Å². The van der Waals surface area contributed by atoms with Crippen molar-refractivity contribution in [1.29, 1.82) is 0 Å². The van der Waals surface area contributed by atoms with E-state index < -0.39 is 17.5 Å². The molecule has 5 heteroatoms. The minimum absolute atomic E-state index is 0.214. The highest BCUT2D eigenvalue weighted by molar-refractivity contribution is 6.23. The molecule has 1 aromatic rings. The third-order valence-corrected chi connectivity index (χ3v) is 2.20. The zero-order valence-corrected chi connectivity index (χ0v) is 8.74. The molecule has 16 heavy (non-hydrogen) atoms. The van der Waals surface area contributed by atoms with Crippen molar-refractivity contribution in [2.75, 3.05) is 13.6 Å². The smallest absolute Gasteiger partial charge is 0.286 e. The number of carbonyl (C=O) groups excluding carboxylic acids is 2. The molecule has 1 rings (SSSR count). The van der Waals surface area contributed by atoms with Crippen LogP contribution < -0.4 is 0 Å². The Morgan fingerprint density at radius 2 is 2.06 bits per heavy atom. The summed E-state index contributed by atoms with van der Waals surface area (Å²) in [6.07, 6.45) is 0.582. The van der Waals surface area contributed by atoms with E-state index in [1.54, 1.807) is 0 Å². The van der Waals surface area contributed by atoms with Gasteiger partial charge in [0.15, 0.2) is 11.6 Å². The lowest BCUT2D eigenvalue weighted by Gasteiger charge is -2.13. The van der Waals surface area contributed by atoms with Crippen molar-refractivity contribution in [2.24, 2.45) is 0 Å². The second kappa shape index (κ2) is 5.34. The summed E-state index contributed by atoms with van der Waals surface area (Å²) in [5.41, 5.74) is 0.574. The molecule has 0 atom stereocenters. The number of carbonyl (C=O) groups is 2. The number of benzene rings is 1. The van der Waals surface area contributed by atoms with Crippen LogP contribution in [0.3, 0.4) is 0 Å². The summed E-state index contributed by atoms with van der Waals surface area (Å²) in [6, 6.07) is 3.55. The number of hydrogen-bond acceptors (Lipinski definition) is 2. The van der Waals surface area contributed by atoms with Gasteiger partial charge in [0, 0.05) is 13.6 Å². The fourth-order valence-electron chi connectivity index (χ4n) is 1.19. The van der Waals surface area contributed by atoms with Crippen molar-refractivity contribution in [3.8, 4) is 0 Å². The highest BCUT2D eigenvalue weighted by atomic mass is 19.2. The van der Waals surface area contributed by atoms with Crippen LogP contribution >= 0.6 is 0 Å². The van der Waals surface area contributed by atoms with Crippen molar-refractivity contribution >= 4 is 12.2 Å². The SMILES string of the molecule is CN(CCc1ccc(F)c(F)c1)C(=O)C=O. The minimum atomic E-state index is -0.915. The summed E-state index contributed by atoms with van der Waals surface area (Å²) >= 11 is 0. The predicted molar refractivity (Wildman–Crippen MR) is 53.8 cm³/mol. The molecule has 0 fully saturated rings. The molecule has 0 N–H and O–H groups in total. The summed E-state index contributed by atoms with van der Waals surface area (Å²) < 4.78 is 25.4. The quantitative estimate of drug-likeness (QED) is 0.572. The maximum atomic E-state index is 12.8. The molecular weight excluding hydrogens is 216 g/mol. The van der Waals surface area contributed by atoms with Gasteiger partial charge in [-0.2, -0.15) is 0 Å². The molecular formula is C11H11F2NO2. The first-order chi connectivity index (χ1) is 7.54. The van der Waals surface area contributed by atoms with Crippen LogP contribution in [0.1, 0.15) is 5.56 Å². The molecule has 3 nitrogen and oxygen atoms in total. The van der Waals surface area contributed by atoms with E-state index in [0.29, 0.717) is 12.0 Å². The molecule has 86 valence electrons.